The molecule has 3 aliphatic rings. The largest absolute Gasteiger partial charge is 0.344 e. The Bertz CT molecular complexity index is 2490. The molecule has 7 aromatic rings. The van der Waals surface area contributed by atoms with Crippen LogP contribution < -0.4 is 5.32 Å². The number of benzene rings is 7. The lowest BCUT2D eigenvalue weighted by atomic mass is 9.83. The standard InChI is InChI=1S/C46H33N3/c1-3-12-31(13-4-1)44-47-45(32-14-5-2-6-15-32)49-46(48-44)33-21-19-30(20-22-33)43-35-16-8-7-11-29(35)23-26-39(43)41-28-42-38(25-24-34-27-40(34)42)36-17-9-10-18-37(36)41/h1-26,28,34,40,46H,27H2,(H,47,48,49). The molecule has 0 radical (unpaired) electrons. The van der Waals surface area contributed by atoms with Crippen molar-refractivity contribution in [3.8, 4) is 22.3 Å². The smallest absolute Gasteiger partial charge is 0.159 e. The molecule has 3 heteroatoms. The number of allylic oxidation sites excluding steroid dienone is 1. The molecule has 7 aromatic carbocycles. The quantitative estimate of drug-likeness (QED) is 0.203. The van der Waals surface area contributed by atoms with Crippen LogP contribution in [-0.4, -0.2) is 11.7 Å². The first-order chi connectivity index (χ1) is 24.3. The van der Waals surface area contributed by atoms with Crippen LogP contribution in [0.2, 0.25) is 0 Å². The van der Waals surface area contributed by atoms with Crippen LogP contribution in [0.4, 0.5) is 0 Å². The number of rotatable bonds is 5. The first-order valence-electron chi connectivity index (χ1n) is 17.2. The van der Waals surface area contributed by atoms with E-state index >= 15 is 0 Å². The molecular weight excluding hydrogens is 595 g/mol. The van der Waals surface area contributed by atoms with E-state index in [1.54, 1.807) is 0 Å². The maximum atomic E-state index is 5.11. The van der Waals surface area contributed by atoms with Gasteiger partial charge >= 0.3 is 0 Å². The molecule has 1 N–H and O–H groups in total. The number of hydrogen-bond acceptors (Lipinski definition) is 3. The molecule has 0 aromatic heterocycles. The van der Waals surface area contributed by atoms with Crippen LogP contribution in [0.3, 0.4) is 0 Å². The van der Waals surface area contributed by atoms with Crippen molar-refractivity contribution >= 4 is 39.3 Å². The van der Waals surface area contributed by atoms with Gasteiger partial charge in [-0.3, -0.25) is 0 Å². The number of hydrogen-bond donors (Lipinski definition) is 1. The van der Waals surface area contributed by atoms with E-state index in [0.717, 1.165) is 28.4 Å². The van der Waals surface area contributed by atoms with Crippen LogP contribution in [0.1, 0.15) is 46.3 Å². The summed E-state index contributed by atoms with van der Waals surface area (Å²) >= 11 is 0. The summed E-state index contributed by atoms with van der Waals surface area (Å²) in [5.41, 5.74) is 11.1. The molecule has 3 nitrogen and oxygen atoms in total. The fourth-order valence-corrected chi connectivity index (χ4v) is 7.86. The highest BCUT2D eigenvalue weighted by molar-refractivity contribution is 6.13. The Kier molecular flexibility index (Phi) is 6.45. The minimum atomic E-state index is -0.270. The van der Waals surface area contributed by atoms with E-state index in [1.165, 1.54) is 61.3 Å². The lowest BCUT2D eigenvalue weighted by Crippen LogP contribution is -2.33. The van der Waals surface area contributed by atoms with E-state index in [9.17, 15) is 0 Å². The highest BCUT2D eigenvalue weighted by atomic mass is 15.2. The van der Waals surface area contributed by atoms with Gasteiger partial charge in [-0.2, -0.15) is 0 Å². The molecule has 1 saturated carbocycles. The predicted molar refractivity (Wildman–Crippen MR) is 204 cm³/mol. The molecule has 3 atom stereocenters. The SMILES string of the molecule is C1=CC2CC2c2cc(-c3ccc4ccccc4c3-c3ccc(C4N=C(c5ccccc5)N=C(c5ccccc5)N4)cc3)c3ccccc3c21. The van der Waals surface area contributed by atoms with E-state index in [1.807, 2.05) is 36.4 Å². The number of fused-ring (bicyclic) bond motifs is 6. The Hall–Kier alpha value is -6.06. The lowest BCUT2D eigenvalue weighted by molar-refractivity contribution is 0.674. The van der Waals surface area contributed by atoms with Gasteiger partial charge in [0, 0.05) is 11.1 Å². The molecule has 0 saturated heterocycles. The highest BCUT2D eigenvalue weighted by Gasteiger charge is 2.40. The minimum Gasteiger partial charge on any atom is -0.344 e. The molecule has 1 aliphatic heterocycles. The zero-order chi connectivity index (χ0) is 32.3. The maximum absolute atomic E-state index is 5.11. The number of amidine groups is 2. The molecule has 10 rings (SSSR count). The molecule has 1 heterocycles. The van der Waals surface area contributed by atoms with Gasteiger partial charge in [0.25, 0.3) is 0 Å². The van der Waals surface area contributed by atoms with Crippen molar-refractivity contribution < 1.29 is 0 Å². The normalized spacial score (nSPS) is 19.1. The monoisotopic (exact) mass is 627 g/mol. The Morgan fingerprint density at radius 2 is 1.27 bits per heavy atom. The van der Waals surface area contributed by atoms with E-state index in [2.05, 4.69) is 133 Å². The maximum Gasteiger partial charge on any atom is 0.159 e. The lowest BCUT2D eigenvalue weighted by Gasteiger charge is -2.24. The topological polar surface area (TPSA) is 36.8 Å². The highest BCUT2D eigenvalue weighted by Crippen LogP contribution is 2.55. The van der Waals surface area contributed by atoms with Crippen LogP contribution in [0, 0.1) is 5.92 Å². The first kappa shape index (κ1) is 28.0. The zero-order valence-electron chi connectivity index (χ0n) is 26.9. The third kappa shape index (κ3) is 4.81. The molecule has 49 heavy (non-hydrogen) atoms. The Balaban J connectivity index is 1.11. The Morgan fingerprint density at radius 3 is 2.06 bits per heavy atom. The number of aliphatic imine (C=N–C) groups is 2. The molecule has 1 fully saturated rings. The van der Waals surface area contributed by atoms with Gasteiger partial charge < -0.3 is 5.32 Å². The molecule has 0 bridgehead atoms. The zero-order valence-corrected chi connectivity index (χ0v) is 26.9. The molecule has 0 amide bonds. The summed E-state index contributed by atoms with van der Waals surface area (Å²) in [6.07, 6.45) is 5.78. The average Bonchev–Trinajstić information content (AvgIpc) is 3.99. The second-order valence-corrected chi connectivity index (χ2v) is 13.4. The van der Waals surface area contributed by atoms with Crippen LogP contribution in [0.25, 0.3) is 49.9 Å². The van der Waals surface area contributed by atoms with E-state index in [-0.39, 0.29) is 6.17 Å². The van der Waals surface area contributed by atoms with Crippen molar-refractivity contribution in [3.05, 3.63) is 186 Å². The Morgan fingerprint density at radius 1 is 0.571 bits per heavy atom. The molecule has 232 valence electrons. The molecule has 2 aliphatic carbocycles. The van der Waals surface area contributed by atoms with Gasteiger partial charge in [-0.1, -0.05) is 158 Å². The minimum absolute atomic E-state index is 0.270. The first-order valence-corrected chi connectivity index (χ1v) is 17.2. The predicted octanol–water partition coefficient (Wildman–Crippen LogP) is 11.0. The third-order valence-corrected chi connectivity index (χ3v) is 10.4. The molecule has 0 spiro atoms. The number of nitrogens with zero attached hydrogens (tertiary/aromatic N) is 2. The van der Waals surface area contributed by atoms with Gasteiger partial charge in [-0.05, 0) is 84.8 Å². The van der Waals surface area contributed by atoms with Gasteiger partial charge in [0.05, 0.1) is 0 Å². The van der Waals surface area contributed by atoms with E-state index in [4.69, 9.17) is 9.98 Å². The van der Waals surface area contributed by atoms with E-state index in [0.29, 0.717) is 11.8 Å². The molecule has 3 unspecified atom stereocenters. The second kappa shape index (κ2) is 11.3. The van der Waals surface area contributed by atoms with Crippen molar-refractivity contribution in [2.24, 2.45) is 15.9 Å². The van der Waals surface area contributed by atoms with Crippen molar-refractivity contribution in [1.29, 1.82) is 0 Å². The Labute approximate surface area is 286 Å². The molecular formula is C46H33N3. The summed E-state index contributed by atoms with van der Waals surface area (Å²) in [4.78, 5) is 10.1. The van der Waals surface area contributed by atoms with Crippen molar-refractivity contribution in [2.45, 2.75) is 18.5 Å². The van der Waals surface area contributed by atoms with Crippen molar-refractivity contribution in [1.82, 2.24) is 5.32 Å². The summed E-state index contributed by atoms with van der Waals surface area (Å²) in [6, 6.07) is 54.4. The van der Waals surface area contributed by atoms with Crippen LogP contribution >= 0.6 is 0 Å². The van der Waals surface area contributed by atoms with Crippen LogP contribution in [0.15, 0.2) is 168 Å². The van der Waals surface area contributed by atoms with Crippen molar-refractivity contribution in [3.63, 3.8) is 0 Å². The third-order valence-electron chi connectivity index (χ3n) is 10.4. The van der Waals surface area contributed by atoms with Gasteiger partial charge in [-0.25, -0.2) is 9.98 Å². The average molecular weight is 628 g/mol. The summed E-state index contributed by atoms with van der Waals surface area (Å²) in [5.74, 6) is 2.89. The summed E-state index contributed by atoms with van der Waals surface area (Å²) in [6.45, 7) is 0. The van der Waals surface area contributed by atoms with Gasteiger partial charge in [0.2, 0.25) is 0 Å². The van der Waals surface area contributed by atoms with E-state index < -0.39 is 0 Å². The van der Waals surface area contributed by atoms with Crippen LogP contribution in [-0.2, 0) is 0 Å². The summed E-state index contributed by atoms with van der Waals surface area (Å²) in [7, 11) is 0. The van der Waals surface area contributed by atoms with Gasteiger partial charge in [0.15, 0.2) is 5.84 Å². The summed E-state index contributed by atoms with van der Waals surface area (Å²) < 4.78 is 0. The van der Waals surface area contributed by atoms with Crippen LogP contribution in [0.5, 0.6) is 0 Å². The fourth-order valence-electron chi connectivity index (χ4n) is 7.86. The second-order valence-electron chi connectivity index (χ2n) is 13.4. The fraction of sp³-hybridized carbons (Fsp3) is 0.0870. The summed E-state index contributed by atoms with van der Waals surface area (Å²) in [5, 5.41) is 8.78. The van der Waals surface area contributed by atoms with Gasteiger partial charge in [0.1, 0.15) is 12.0 Å². The van der Waals surface area contributed by atoms with Crippen molar-refractivity contribution in [2.75, 3.05) is 0 Å². The number of nitrogens with one attached hydrogen (secondary N) is 1. The van der Waals surface area contributed by atoms with Gasteiger partial charge in [-0.15, -0.1) is 0 Å².